The molecule has 4 nitrogen and oxygen atoms in total. The fourth-order valence-electron chi connectivity index (χ4n) is 2.30. The minimum absolute atomic E-state index is 0.0950. The van der Waals surface area contributed by atoms with Crippen molar-refractivity contribution in [3.8, 4) is 5.75 Å². The Morgan fingerprint density at radius 3 is 2.67 bits per heavy atom. The van der Waals surface area contributed by atoms with Crippen molar-refractivity contribution in [2.45, 2.75) is 13.8 Å². The van der Waals surface area contributed by atoms with E-state index in [0.717, 1.165) is 10.7 Å². The molecule has 0 saturated carbocycles. The minimum Gasteiger partial charge on any atom is -0.496 e. The molecule has 0 aliphatic carbocycles. The number of Topliss-reactive ketones (excluding diaryl/α,β-unsaturated/α-hetero) is 1. The van der Waals surface area contributed by atoms with Gasteiger partial charge < -0.3 is 14.4 Å². The molecule has 2 rings (SSSR count). The molecule has 0 unspecified atom stereocenters. The molecule has 0 N–H and O–H groups in total. The Kier molecular flexibility index (Phi) is 7.03. The fourth-order valence-corrected chi connectivity index (χ4v) is 4.46. The molecule has 130 valence electrons. The zero-order chi connectivity index (χ0) is 17.9. The number of halogens is 2. The van der Waals surface area contributed by atoms with Crippen molar-refractivity contribution in [3.05, 3.63) is 48.0 Å². The van der Waals surface area contributed by atoms with E-state index < -0.39 is 0 Å². The Bertz CT molecular complexity index is 718. The van der Waals surface area contributed by atoms with Gasteiger partial charge in [0.25, 0.3) is 0 Å². The first-order chi connectivity index (χ1) is 11.4. The Morgan fingerprint density at radius 1 is 1.33 bits per heavy atom. The molecule has 0 amide bonds. The normalized spacial score (nSPS) is 16.7. The first-order valence-electron chi connectivity index (χ1n) is 7.30. The maximum atomic E-state index is 13.0. The van der Waals surface area contributed by atoms with E-state index in [1.54, 1.807) is 44.2 Å². The van der Waals surface area contributed by atoms with Gasteiger partial charge in [-0.3, -0.25) is 4.79 Å². The molecule has 1 aliphatic heterocycles. The van der Waals surface area contributed by atoms with Crippen molar-refractivity contribution >= 4 is 51.7 Å². The SMILES string of the molecule is COCCN1C(C)=C(C)SC1=C(I)C(=O)c1cc(Cl)ccc1OC. The third-order valence-corrected chi connectivity index (χ3v) is 6.54. The second kappa shape index (κ2) is 8.60. The van der Waals surface area contributed by atoms with Gasteiger partial charge in [-0.1, -0.05) is 23.4 Å². The van der Waals surface area contributed by atoms with Crippen LogP contribution in [0, 0.1) is 0 Å². The summed E-state index contributed by atoms with van der Waals surface area (Å²) in [6, 6.07) is 5.07. The van der Waals surface area contributed by atoms with Crippen LogP contribution in [0.4, 0.5) is 0 Å². The number of carbonyl (C=O) groups is 1. The van der Waals surface area contributed by atoms with E-state index in [2.05, 4.69) is 41.3 Å². The predicted octanol–water partition coefficient (Wildman–Crippen LogP) is 5.08. The topological polar surface area (TPSA) is 38.8 Å². The third kappa shape index (κ3) is 4.09. The molecule has 0 saturated heterocycles. The zero-order valence-electron chi connectivity index (χ0n) is 14.0. The second-order valence-corrected chi connectivity index (χ2v) is 7.90. The summed E-state index contributed by atoms with van der Waals surface area (Å²) in [5.74, 6) is 0.425. The highest BCUT2D eigenvalue weighted by atomic mass is 127. The monoisotopic (exact) mass is 479 g/mol. The van der Waals surface area contributed by atoms with Crippen LogP contribution in [0.15, 0.2) is 37.4 Å². The molecule has 1 aromatic rings. The summed E-state index contributed by atoms with van der Waals surface area (Å²) in [7, 11) is 3.22. The lowest BCUT2D eigenvalue weighted by Gasteiger charge is -2.22. The second-order valence-electron chi connectivity index (χ2n) is 5.18. The van der Waals surface area contributed by atoms with Crippen LogP contribution in [0.3, 0.4) is 0 Å². The average Bonchev–Trinajstić information content (AvgIpc) is 2.86. The van der Waals surface area contributed by atoms with Crippen molar-refractivity contribution in [3.63, 3.8) is 0 Å². The van der Waals surface area contributed by atoms with Crippen LogP contribution >= 0.6 is 46.0 Å². The number of rotatable bonds is 6. The van der Waals surface area contributed by atoms with Gasteiger partial charge >= 0.3 is 0 Å². The van der Waals surface area contributed by atoms with E-state index in [0.29, 0.717) is 33.1 Å². The van der Waals surface area contributed by atoms with E-state index in [9.17, 15) is 4.79 Å². The number of carbonyl (C=O) groups excluding carboxylic acids is 1. The van der Waals surface area contributed by atoms with Crippen molar-refractivity contribution in [2.24, 2.45) is 0 Å². The van der Waals surface area contributed by atoms with E-state index in [1.807, 2.05) is 0 Å². The van der Waals surface area contributed by atoms with E-state index in [-0.39, 0.29) is 5.78 Å². The van der Waals surface area contributed by atoms with Gasteiger partial charge in [0.1, 0.15) is 5.75 Å². The number of methoxy groups -OCH3 is 2. The molecule has 1 aliphatic rings. The predicted molar refractivity (Wildman–Crippen MR) is 108 cm³/mol. The maximum absolute atomic E-state index is 13.0. The minimum atomic E-state index is -0.0950. The Hall–Kier alpha value is -0.700. The molecular weight excluding hydrogens is 461 g/mol. The lowest BCUT2D eigenvalue weighted by atomic mass is 10.1. The molecule has 7 heteroatoms. The van der Waals surface area contributed by atoms with Crippen LogP contribution in [-0.4, -0.2) is 38.1 Å². The van der Waals surface area contributed by atoms with Crippen LogP contribution in [0.5, 0.6) is 5.75 Å². The lowest BCUT2D eigenvalue weighted by molar-refractivity contribution is 0.104. The van der Waals surface area contributed by atoms with E-state index in [4.69, 9.17) is 21.1 Å². The number of ether oxygens (including phenoxy) is 2. The molecule has 0 aromatic heterocycles. The largest absolute Gasteiger partial charge is 0.496 e. The van der Waals surface area contributed by atoms with Gasteiger partial charge in [-0.25, -0.2) is 0 Å². The number of nitrogens with zero attached hydrogens (tertiary/aromatic N) is 1. The molecule has 0 radical (unpaired) electrons. The number of benzene rings is 1. The van der Waals surface area contributed by atoms with Gasteiger partial charge in [0.2, 0.25) is 5.78 Å². The van der Waals surface area contributed by atoms with E-state index >= 15 is 0 Å². The van der Waals surface area contributed by atoms with Crippen LogP contribution in [0.2, 0.25) is 5.02 Å². The van der Waals surface area contributed by atoms with Crippen molar-refractivity contribution < 1.29 is 14.3 Å². The Morgan fingerprint density at radius 2 is 2.04 bits per heavy atom. The van der Waals surface area contributed by atoms with Gasteiger partial charge in [0.05, 0.1) is 27.9 Å². The fraction of sp³-hybridized carbons (Fsp3) is 0.353. The lowest BCUT2D eigenvalue weighted by Crippen LogP contribution is -2.23. The quantitative estimate of drug-likeness (QED) is 0.323. The van der Waals surface area contributed by atoms with Crippen LogP contribution in [0.25, 0.3) is 0 Å². The third-order valence-electron chi connectivity index (χ3n) is 3.72. The number of hydrogen-bond donors (Lipinski definition) is 0. The van der Waals surface area contributed by atoms with Gasteiger partial charge in [-0.2, -0.15) is 0 Å². The number of thioether (sulfide) groups is 1. The molecule has 0 atom stereocenters. The number of allylic oxidation sites excluding steroid dienone is 3. The van der Waals surface area contributed by atoms with Gasteiger partial charge in [0, 0.05) is 29.3 Å². The summed E-state index contributed by atoms with van der Waals surface area (Å²) in [6.07, 6.45) is 0. The van der Waals surface area contributed by atoms with Crippen LogP contribution in [-0.2, 0) is 4.74 Å². The summed E-state index contributed by atoms with van der Waals surface area (Å²) in [4.78, 5) is 16.3. The molecule has 0 spiro atoms. The zero-order valence-corrected chi connectivity index (χ0v) is 17.7. The summed E-state index contributed by atoms with van der Waals surface area (Å²) in [6.45, 7) is 5.41. The summed E-state index contributed by atoms with van der Waals surface area (Å²) in [5.41, 5.74) is 1.61. The summed E-state index contributed by atoms with van der Waals surface area (Å²) in [5, 5.41) is 1.43. The first-order valence-corrected chi connectivity index (χ1v) is 9.57. The molecule has 0 fully saturated rings. The number of ketones is 1. The summed E-state index contributed by atoms with van der Waals surface area (Å²) >= 11 is 9.77. The highest BCUT2D eigenvalue weighted by Crippen LogP contribution is 2.44. The number of hydrogen-bond acceptors (Lipinski definition) is 5. The standard InChI is InChI=1S/C17H19ClINO3S/c1-10-11(2)24-17(20(10)7-8-22-3)15(19)16(21)13-9-12(18)5-6-14(13)23-4/h5-6,9H,7-8H2,1-4H3. The summed E-state index contributed by atoms with van der Waals surface area (Å²) < 4.78 is 11.1. The van der Waals surface area contributed by atoms with Gasteiger partial charge in [-0.05, 0) is 54.6 Å². The highest BCUT2D eigenvalue weighted by molar-refractivity contribution is 14.1. The average molecular weight is 480 g/mol. The molecular formula is C17H19ClINO3S. The van der Waals surface area contributed by atoms with E-state index in [1.165, 1.54) is 4.91 Å². The smallest absolute Gasteiger partial charge is 0.205 e. The molecule has 1 heterocycles. The van der Waals surface area contributed by atoms with Gasteiger partial charge in [-0.15, -0.1) is 0 Å². The van der Waals surface area contributed by atoms with Crippen LogP contribution in [0.1, 0.15) is 24.2 Å². The van der Waals surface area contributed by atoms with Crippen molar-refractivity contribution in [1.29, 1.82) is 0 Å². The van der Waals surface area contributed by atoms with Crippen molar-refractivity contribution in [1.82, 2.24) is 4.90 Å². The first kappa shape index (κ1) is 19.6. The highest BCUT2D eigenvalue weighted by Gasteiger charge is 2.28. The van der Waals surface area contributed by atoms with Gasteiger partial charge in [0.15, 0.2) is 0 Å². The Labute approximate surface area is 165 Å². The Balaban J connectivity index is 2.42. The molecule has 0 bridgehead atoms. The van der Waals surface area contributed by atoms with Crippen molar-refractivity contribution in [2.75, 3.05) is 27.4 Å². The molecule has 24 heavy (non-hydrogen) atoms. The van der Waals surface area contributed by atoms with Crippen LogP contribution < -0.4 is 4.74 Å². The maximum Gasteiger partial charge on any atom is 0.205 e. The molecule has 1 aromatic carbocycles.